The number of rotatable bonds is 4. The molecule has 0 saturated carbocycles. The zero-order valence-electron chi connectivity index (χ0n) is 14.4. The summed E-state index contributed by atoms with van der Waals surface area (Å²) in [6.45, 7) is 8.99. The van der Waals surface area contributed by atoms with Crippen LogP contribution in [0.15, 0.2) is 29.7 Å². The lowest BCUT2D eigenvalue weighted by Crippen LogP contribution is -2.35. The number of thioether (sulfide) groups is 1. The molecule has 1 atom stereocenters. The summed E-state index contributed by atoms with van der Waals surface area (Å²) in [7, 11) is 0. The van der Waals surface area contributed by atoms with E-state index in [1.54, 1.807) is 19.1 Å². The van der Waals surface area contributed by atoms with E-state index in [-0.39, 0.29) is 23.0 Å². The van der Waals surface area contributed by atoms with Gasteiger partial charge in [-0.05, 0) is 67.8 Å². The minimum atomic E-state index is -0.367. The molecule has 0 aromatic heterocycles. The predicted octanol–water partition coefficient (Wildman–Crippen LogP) is 4.35. The van der Waals surface area contributed by atoms with Crippen LogP contribution in [0.4, 0.5) is 14.9 Å². The molecule has 0 radical (unpaired) electrons. The molecule has 132 valence electrons. The fraction of sp³-hybridized carbons (Fsp3) is 0.368. The van der Waals surface area contributed by atoms with Gasteiger partial charge in [0.1, 0.15) is 5.82 Å². The molecule has 0 aliphatic carbocycles. The molecule has 3 rings (SSSR count). The number of nitrogens with zero attached hydrogens (tertiary/aromatic N) is 2. The van der Waals surface area contributed by atoms with Gasteiger partial charge in [0.25, 0.3) is 11.1 Å². The lowest BCUT2D eigenvalue weighted by molar-refractivity contribution is -0.123. The number of hydrogen-bond donors (Lipinski definition) is 0. The van der Waals surface area contributed by atoms with Gasteiger partial charge >= 0.3 is 0 Å². The quantitative estimate of drug-likeness (QED) is 0.591. The minimum absolute atomic E-state index is 0.294. The van der Waals surface area contributed by atoms with Crippen LogP contribution in [0, 0.1) is 12.7 Å². The highest BCUT2D eigenvalue weighted by molar-refractivity contribution is 8.18. The van der Waals surface area contributed by atoms with Crippen molar-refractivity contribution < 1.29 is 14.0 Å². The van der Waals surface area contributed by atoms with Crippen LogP contribution in [0.3, 0.4) is 0 Å². The second-order valence-electron chi connectivity index (χ2n) is 6.38. The Morgan fingerprint density at radius 2 is 1.96 bits per heavy atom. The molecule has 2 aliphatic rings. The summed E-state index contributed by atoms with van der Waals surface area (Å²) in [5.74, 6) is -0.650. The smallest absolute Gasteiger partial charge is 0.294 e. The van der Waals surface area contributed by atoms with Crippen LogP contribution in [0.25, 0.3) is 6.08 Å². The van der Waals surface area contributed by atoms with Crippen LogP contribution >= 0.6 is 11.8 Å². The Balaban J connectivity index is 1.91. The summed E-state index contributed by atoms with van der Waals surface area (Å²) in [6.07, 6.45) is 5.31. The van der Waals surface area contributed by atoms with Gasteiger partial charge in [0, 0.05) is 13.1 Å². The molecule has 1 aromatic rings. The number of hydrogen-bond acceptors (Lipinski definition) is 4. The highest BCUT2D eigenvalue weighted by Crippen LogP contribution is 2.35. The molecule has 2 heterocycles. The lowest BCUT2D eigenvalue weighted by Gasteiger charge is -2.20. The van der Waals surface area contributed by atoms with Crippen LogP contribution in [0.2, 0.25) is 0 Å². The van der Waals surface area contributed by atoms with Crippen molar-refractivity contribution in [2.45, 2.75) is 32.7 Å². The van der Waals surface area contributed by atoms with Gasteiger partial charge in [-0.1, -0.05) is 6.08 Å². The number of benzene rings is 1. The highest BCUT2D eigenvalue weighted by Gasteiger charge is 2.37. The monoisotopic (exact) mass is 360 g/mol. The number of aryl methyl sites for hydroxylation is 1. The highest BCUT2D eigenvalue weighted by atomic mass is 32.2. The third-order valence-corrected chi connectivity index (χ3v) is 5.52. The molecule has 0 spiro atoms. The largest absolute Gasteiger partial charge is 0.369 e. The Labute approximate surface area is 151 Å². The molecule has 2 saturated heterocycles. The fourth-order valence-corrected chi connectivity index (χ4v) is 4.02. The molecule has 6 heteroatoms. The van der Waals surface area contributed by atoms with Crippen LogP contribution in [0.5, 0.6) is 0 Å². The molecule has 4 nitrogen and oxygen atoms in total. The van der Waals surface area contributed by atoms with Gasteiger partial charge in [0.05, 0.1) is 16.6 Å². The van der Waals surface area contributed by atoms with Crippen LogP contribution < -0.4 is 4.90 Å². The van der Waals surface area contributed by atoms with Crippen molar-refractivity contribution in [3.05, 3.63) is 46.6 Å². The van der Waals surface area contributed by atoms with Gasteiger partial charge in [0.2, 0.25) is 0 Å². The number of carbonyl (C=O) groups excluding carboxylic acids is 2. The second kappa shape index (κ2) is 7.04. The summed E-state index contributed by atoms with van der Waals surface area (Å²) in [6, 6.07) is 2.91. The average Bonchev–Trinajstić information content (AvgIpc) is 3.19. The number of amides is 2. The zero-order valence-corrected chi connectivity index (χ0v) is 15.2. The standard InChI is InChI=1S/C19H21FN2O2S/c1-4-13(3)22-18(23)17(25-19(22)24)11-14-10-15(20)16(9-12(14)2)21-7-5-6-8-21/h4,9-11,13H,1,5-8H2,2-3H3/b17-11-/t13-/m1/s1. The number of anilines is 1. The topological polar surface area (TPSA) is 40.6 Å². The zero-order chi connectivity index (χ0) is 18.1. The Morgan fingerprint density at radius 3 is 2.60 bits per heavy atom. The first-order valence-electron chi connectivity index (χ1n) is 8.37. The summed E-state index contributed by atoms with van der Waals surface area (Å²) in [4.78, 5) is 28.1. The summed E-state index contributed by atoms with van der Waals surface area (Å²) < 4.78 is 14.5. The number of imide groups is 1. The first-order valence-corrected chi connectivity index (χ1v) is 9.18. The van der Waals surface area contributed by atoms with Crippen LogP contribution in [-0.2, 0) is 4.79 Å². The van der Waals surface area contributed by atoms with E-state index >= 15 is 0 Å². The van der Waals surface area contributed by atoms with Gasteiger partial charge in [0.15, 0.2) is 0 Å². The van der Waals surface area contributed by atoms with Crippen molar-refractivity contribution in [1.29, 1.82) is 0 Å². The maximum Gasteiger partial charge on any atom is 0.294 e. The summed E-state index contributed by atoms with van der Waals surface area (Å²) in [5, 5.41) is -0.324. The molecule has 0 unspecified atom stereocenters. The van der Waals surface area contributed by atoms with E-state index < -0.39 is 0 Å². The van der Waals surface area contributed by atoms with E-state index in [2.05, 4.69) is 6.58 Å². The molecule has 2 amide bonds. The van der Waals surface area contributed by atoms with Gasteiger partial charge in [-0.2, -0.15) is 0 Å². The average molecular weight is 360 g/mol. The maximum absolute atomic E-state index is 14.5. The van der Waals surface area contributed by atoms with E-state index in [1.165, 1.54) is 11.0 Å². The van der Waals surface area contributed by atoms with Crippen LogP contribution in [0.1, 0.15) is 30.9 Å². The first kappa shape index (κ1) is 17.7. The molecule has 0 bridgehead atoms. The first-order chi connectivity index (χ1) is 11.9. The van der Waals surface area contributed by atoms with Crippen molar-refractivity contribution in [3.8, 4) is 0 Å². The Kier molecular flexibility index (Phi) is 4.99. The van der Waals surface area contributed by atoms with E-state index in [4.69, 9.17) is 0 Å². The molecule has 25 heavy (non-hydrogen) atoms. The van der Waals surface area contributed by atoms with Crippen molar-refractivity contribution >= 4 is 34.7 Å². The third kappa shape index (κ3) is 3.35. The van der Waals surface area contributed by atoms with Gasteiger partial charge < -0.3 is 4.90 Å². The Bertz CT molecular complexity index is 769. The van der Waals surface area contributed by atoms with Crippen molar-refractivity contribution in [3.63, 3.8) is 0 Å². The summed E-state index contributed by atoms with van der Waals surface area (Å²) in [5.41, 5.74) is 2.12. The normalized spacial score (nSPS) is 20.7. The lowest BCUT2D eigenvalue weighted by atomic mass is 10.1. The van der Waals surface area contributed by atoms with E-state index in [0.29, 0.717) is 16.2 Å². The Morgan fingerprint density at radius 1 is 1.28 bits per heavy atom. The number of halogens is 1. The van der Waals surface area contributed by atoms with Crippen molar-refractivity contribution in [2.75, 3.05) is 18.0 Å². The molecule has 2 aliphatic heterocycles. The second-order valence-corrected chi connectivity index (χ2v) is 7.38. The van der Waals surface area contributed by atoms with E-state index in [0.717, 1.165) is 43.3 Å². The minimum Gasteiger partial charge on any atom is -0.369 e. The molecule has 0 N–H and O–H groups in total. The van der Waals surface area contributed by atoms with Crippen molar-refractivity contribution in [2.24, 2.45) is 0 Å². The fourth-order valence-electron chi connectivity index (χ4n) is 3.12. The summed E-state index contributed by atoms with van der Waals surface area (Å²) >= 11 is 0.882. The van der Waals surface area contributed by atoms with Gasteiger partial charge in [-0.3, -0.25) is 14.5 Å². The van der Waals surface area contributed by atoms with E-state index in [9.17, 15) is 14.0 Å². The Hall–Kier alpha value is -2.08. The van der Waals surface area contributed by atoms with Crippen molar-refractivity contribution in [1.82, 2.24) is 4.90 Å². The number of carbonyl (C=O) groups is 2. The van der Waals surface area contributed by atoms with Gasteiger partial charge in [-0.15, -0.1) is 6.58 Å². The molecule has 2 fully saturated rings. The van der Waals surface area contributed by atoms with Gasteiger partial charge in [-0.25, -0.2) is 4.39 Å². The maximum atomic E-state index is 14.5. The molecule has 1 aromatic carbocycles. The third-order valence-electron chi connectivity index (χ3n) is 4.64. The SMILES string of the molecule is C=C[C@@H](C)N1C(=O)S/C(=C\c2cc(F)c(N3CCCC3)cc2C)C1=O. The molecular formula is C19H21FN2O2S. The predicted molar refractivity (Wildman–Crippen MR) is 100 cm³/mol. The van der Waals surface area contributed by atoms with Crippen LogP contribution in [-0.4, -0.2) is 35.2 Å². The van der Waals surface area contributed by atoms with E-state index in [1.807, 2.05) is 17.9 Å². The molecular weight excluding hydrogens is 339 g/mol.